The van der Waals surface area contributed by atoms with Gasteiger partial charge in [-0.2, -0.15) is 0 Å². The van der Waals surface area contributed by atoms with E-state index in [4.69, 9.17) is 4.74 Å². The maximum atomic E-state index is 12.3. The zero-order valence-corrected chi connectivity index (χ0v) is 18.2. The molecule has 0 aromatic heterocycles. The lowest BCUT2D eigenvalue weighted by molar-refractivity contribution is -0.116. The van der Waals surface area contributed by atoms with Crippen molar-refractivity contribution in [1.29, 1.82) is 0 Å². The molecule has 2 aromatic carbocycles. The first-order valence-electron chi connectivity index (χ1n) is 10.7. The Labute approximate surface area is 179 Å². The van der Waals surface area contributed by atoms with Crippen LogP contribution in [0.5, 0.6) is 5.75 Å². The number of nitrogens with one attached hydrogen (secondary N) is 3. The molecular formula is C24H33N3O3. The van der Waals surface area contributed by atoms with Gasteiger partial charge < -0.3 is 20.7 Å². The van der Waals surface area contributed by atoms with E-state index in [1.54, 1.807) is 18.2 Å². The van der Waals surface area contributed by atoms with Gasteiger partial charge in [0.25, 0.3) is 0 Å². The molecule has 0 saturated carbocycles. The average molecular weight is 412 g/mol. The molecule has 0 saturated heterocycles. The normalized spacial score (nSPS) is 11.4. The third-order valence-electron chi connectivity index (χ3n) is 4.64. The number of ether oxygens (including phenoxy) is 1. The molecule has 2 aromatic rings. The Morgan fingerprint density at radius 1 is 0.900 bits per heavy atom. The standard InChI is InChI=1S/C24H33N3O3/c1-4-6-7-14-23(28)26-20-11-8-12-21(15-20)27-24(29)17-25-19-10-9-13-22(16-19)30-18(3)5-2/h8-13,15-16,18,25H,4-7,14,17H2,1-3H3,(H,26,28)(H,27,29). The van der Waals surface area contributed by atoms with E-state index in [0.29, 0.717) is 17.8 Å². The number of amides is 2. The maximum Gasteiger partial charge on any atom is 0.243 e. The lowest BCUT2D eigenvalue weighted by Crippen LogP contribution is -2.22. The number of anilines is 3. The highest BCUT2D eigenvalue weighted by Gasteiger charge is 2.07. The first-order valence-corrected chi connectivity index (χ1v) is 10.7. The van der Waals surface area contributed by atoms with Gasteiger partial charge in [0, 0.05) is 29.5 Å². The zero-order chi connectivity index (χ0) is 21.8. The minimum Gasteiger partial charge on any atom is -0.491 e. The minimum absolute atomic E-state index is 0.00640. The Balaban J connectivity index is 1.83. The monoisotopic (exact) mass is 411 g/mol. The van der Waals surface area contributed by atoms with Gasteiger partial charge in [-0.1, -0.05) is 38.8 Å². The van der Waals surface area contributed by atoms with Crippen LogP contribution in [0.15, 0.2) is 48.5 Å². The summed E-state index contributed by atoms with van der Waals surface area (Å²) >= 11 is 0. The van der Waals surface area contributed by atoms with Crippen molar-refractivity contribution in [3.8, 4) is 5.75 Å². The van der Waals surface area contributed by atoms with E-state index in [1.165, 1.54) is 0 Å². The van der Waals surface area contributed by atoms with Gasteiger partial charge in [0.05, 0.1) is 12.6 Å². The first kappa shape index (κ1) is 23.3. The van der Waals surface area contributed by atoms with Crippen LogP contribution in [-0.4, -0.2) is 24.5 Å². The average Bonchev–Trinajstić information content (AvgIpc) is 2.73. The second-order valence-corrected chi connectivity index (χ2v) is 7.35. The SMILES string of the molecule is CCCCCC(=O)Nc1cccc(NC(=O)CNc2cccc(OC(C)CC)c2)c1. The molecule has 0 bridgehead atoms. The maximum absolute atomic E-state index is 12.3. The summed E-state index contributed by atoms with van der Waals surface area (Å²) in [6.07, 6.45) is 4.59. The topological polar surface area (TPSA) is 79.5 Å². The van der Waals surface area contributed by atoms with Gasteiger partial charge in [-0.3, -0.25) is 9.59 Å². The molecule has 162 valence electrons. The van der Waals surface area contributed by atoms with E-state index in [0.717, 1.165) is 37.1 Å². The van der Waals surface area contributed by atoms with Crippen molar-refractivity contribution in [2.24, 2.45) is 0 Å². The molecule has 6 heteroatoms. The van der Waals surface area contributed by atoms with Gasteiger partial charge >= 0.3 is 0 Å². The van der Waals surface area contributed by atoms with Crippen molar-refractivity contribution < 1.29 is 14.3 Å². The predicted molar refractivity (Wildman–Crippen MR) is 123 cm³/mol. The number of carbonyl (C=O) groups excluding carboxylic acids is 2. The third-order valence-corrected chi connectivity index (χ3v) is 4.64. The van der Waals surface area contributed by atoms with Crippen LogP contribution in [0.4, 0.5) is 17.1 Å². The molecule has 2 amide bonds. The summed E-state index contributed by atoms with van der Waals surface area (Å²) in [4.78, 5) is 24.3. The van der Waals surface area contributed by atoms with E-state index in [-0.39, 0.29) is 24.5 Å². The summed E-state index contributed by atoms with van der Waals surface area (Å²) in [6, 6.07) is 14.7. The van der Waals surface area contributed by atoms with Gasteiger partial charge in [0.15, 0.2) is 0 Å². The Morgan fingerprint density at radius 2 is 1.57 bits per heavy atom. The van der Waals surface area contributed by atoms with Crippen LogP contribution in [0, 0.1) is 0 Å². The van der Waals surface area contributed by atoms with Crippen molar-refractivity contribution in [2.75, 3.05) is 22.5 Å². The third kappa shape index (κ3) is 8.55. The van der Waals surface area contributed by atoms with Crippen LogP contribution in [0.2, 0.25) is 0 Å². The molecule has 0 fully saturated rings. The molecule has 30 heavy (non-hydrogen) atoms. The lowest BCUT2D eigenvalue weighted by atomic mass is 10.2. The summed E-state index contributed by atoms with van der Waals surface area (Å²) in [5.74, 6) is 0.597. The molecule has 6 nitrogen and oxygen atoms in total. The molecule has 0 aliphatic rings. The number of carbonyl (C=O) groups is 2. The molecular weight excluding hydrogens is 378 g/mol. The Hall–Kier alpha value is -3.02. The van der Waals surface area contributed by atoms with Crippen molar-refractivity contribution in [2.45, 2.75) is 59.0 Å². The molecule has 3 N–H and O–H groups in total. The molecule has 0 radical (unpaired) electrons. The van der Waals surface area contributed by atoms with E-state index in [1.807, 2.05) is 37.3 Å². The number of benzene rings is 2. The van der Waals surface area contributed by atoms with Crippen LogP contribution < -0.4 is 20.7 Å². The van der Waals surface area contributed by atoms with Gasteiger partial charge in [0.1, 0.15) is 5.75 Å². The van der Waals surface area contributed by atoms with Crippen LogP contribution in [0.3, 0.4) is 0 Å². The molecule has 1 atom stereocenters. The molecule has 1 unspecified atom stereocenters. The molecule has 2 rings (SSSR count). The van der Waals surface area contributed by atoms with Crippen LogP contribution in [0.25, 0.3) is 0 Å². The van der Waals surface area contributed by atoms with Crippen molar-refractivity contribution in [3.63, 3.8) is 0 Å². The summed E-state index contributed by atoms with van der Waals surface area (Å²) in [5.41, 5.74) is 2.14. The minimum atomic E-state index is -0.172. The number of rotatable bonds is 12. The van der Waals surface area contributed by atoms with Crippen LogP contribution in [0.1, 0.15) is 52.9 Å². The van der Waals surface area contributed by atoms with E-state index in [2.05, 4.69) is 29.8 Å². The highest BCUT2D eigenvalue weighted by atomic mass is 16.5. The summed E-state index contributed by atoms with van der Waals surface area (Å²) < 4.78 is 5.81. The number of hydrogen-bond acceptors (Lipinski definition) is 4. The van der Waals surface area contributed by atoms with Gasteiger partial charge in [-0.05, 0) is 50.1 Å². The zero-order valence-electron chi connectivity index (χ0n) is 18.2. The predicted octanol–water partition coefficient (Wildman–Crippen LogP) is 5.43. The number of unbranched alkanes of at least 4 members (excludes halogenated alkanes) is 2. The largest absolute Gasteiger partial charge is 0.491 e. The van der Waals surface area contributed by atoms with Gasteiger partial charge in [-0.25, -0.2) is 0 Å². The van der Waals surface area contributed by atoms with Gasteiger partial charge in [0.2, 0.25) is 11.8 Å². The Bertz CT molecular complexity index is 823. The molecule has 0 aliphatic heterocycles. The summed E-state index contributed by atoms with van der Waals surface area (Å²) in [7, 11) is 0. The van der Waals surface area contributed by atoms with Crippen LogP contribution in [-0.2, 0) is 9.59 Å². The fourth-order valence-electron chi connectivity index (χ4n) is 2.82. The Morgan fingerprint density at radius 3 is 2.27 bits per heavy atom. The van der Waals surface area contributed by atoms with Crippen LogP contribution >= 0.6 is 0 Å². The van der Waals surface area contributed by atoms with Crippen molar-refractivity contribution in [3.05, 3.63) is 48.5 Å². The first-order chi connectivity index (χ1) is 14.5. The quantitative estimate of drug-likeness (QED) is 0.407. The van der Waals surface area contributed by atoms with Gasteiger partial charge in [-0.15, -0.1) is 0 Å². The van der Waals surface area contributed by atoms with Crippen molar-refractivity contribution in [1.82, 2.24) is 0 Å². The fraction of sp³-hybridized carbons (Fsp3) is 0.417. The second-order valence-electron chi connectivity index (χ2n) is 7.35. The smallest absolute Gasteiger partial charge is 0.243 e. The fourth-order valence-corrected chi connectivity index (χ4v) is 2.82. The van der Waals surface area contributed by atoms with E-state index < -0.39 is 0 Å². The molecule has 0 aliphatic carbocycles. The van der Waals surface area contributed by atoms with E-state index >= 15 is 0 Å². The highest BCUT2D eigenvalue weighted by molar-refractivity contribution is 5.95. The van der Waals surface area contributed by atoms with Crippen molar-refractivity contribution >= 4 is 28.9 Å². The molecule has 0 heterocycles. The van der Waals surface area contributed by atoms with E-state index in [9.17, 15) is 9.59 Å². The molecule has 0 spiro atoms. The number of hydrogen-bond donors (Lipinski definition) is 3. The summed E-state index contributed by atoms with van der Waals surface area (Å²) in [5, 5.41) is 8.84. The highest BCUT2D eigenvalue weighted by Crippen LogP contribution is 2.19. The Kier molecular flexibility index (Phi) is 9.71. The lowest BCUT2D eigenvalue weighted by Gasteiger charge is -2.14. The second kappa shape index (κ2) is 12.5. The summed E-state index contributed by atoms with van der Waals surface area (Å²) in [6.45, 7) is 6.33.